The summed E-state index contributed by atoms with van der Waals surface area (Å²) in [6.45, 7) is 3.17. The van der Waals surface area contributed by atoms with Gasteiger partial charge in [-0.05, 0) is 23.8 Å². The first-order chi connectivity index (χ1) is 14.9. The summed E-state index contributed by atoms with van der Waals surface area (Å²) in [6, 6.07) is 8.21. The van der Waals surface area contributed by atoms with Crippen LogP contribution in [0.4, 0.5) is 0 Å². The van der Waals surface area contributed by atoms with Crippen LogP contribution in [-0.4, -0.2) is 67.7 Å². The predicted molar refractivity (Wildman–Crippen MR) is 116 cm³/mol. The van der Waals surface area contributed by atoms with Crippen molar-refractivity contribution in [3.63, 3.8) is 0 Å². The lowest BCUT2D eigenvalue weighted by atomic mass is 10.0. The molecule has 9 heteroatoms. The third-order valence-electron chi connectivity index (χ3n) is 5.61. The fourth-order valence-corrected chi connectivity index (χ4v) is 4.37. The van der Waals surface area contributed by atoms with Crippen LogP contribution in [0.5, 0.6) is 0 Å². The summed E-state index contributed by atoms with van der Waals surface area (Å²) >= 11 is 6.11. The summed E-state index contributed by atoms with van der Waals surface area (Å²) in [4.78, 5) is 32.0. The lowest BCUT2D eigenvalue weighted by molar-refractivity contribution is -0.144. The van der Waals surface area contributed by atoms with Crippen LogP contribution in [0.3, 0.4) is 0 Å². The van der Waals surface area contributed by atoms with E-state index in [1.54, 1.807) is 35.2 Å². The monoisotopic (exact) mass is 442 g/mol. The smallest absolute Gasteiger partial charge is 0.325 e. The quantitative estimate of drug-likeness (QED) is 0.580. The van der Waals surface area contributed by atoms with Gasteiger partial charge in [0.05, 0.1) is 5.52 Å². The highest BCUT2D eigenvalue weighted by Crippen LogP contribution is 2.33. The van der Waals surface area contributed by atoms with E-state index in [0.29, 0.717) is 34.6 Å². The Kier molecular flexibility index (Phi) is 6.22. The van der Waals surface area contributed by atoms with E-state index in [9.17, 15) is 19.8 Å². The minimum absolute atomic E-state index is 0.262. The zero-order valence-electron chi connectivity index (χ0n) is 16.8. The van der Waals surface area contributed by atoms with Gasteiger partial charge in [-0.2, -0.15) is 0 Å². The van der Waals surface area contributed by atoms with Gasteiger partial charge in [-0.1, -0.05) is 23.7 Å². The number of halogens is 1. The van der Waals surface area contributed by atoms with Crippen molar-refractivity contribution in [1.82, 2.24) is 19.4 Å². The number of piperazine rings is 1. The number of carbonyl (C=O) groups is 2. The van der Waals surface area contributed by atoms with Gasteiger partial charge in [0, 0.05) is 67.3 Å². The average molecular weight is 443 g/mol. The molecule has 0 amide bonds. The zero-order valence-corrected chi connectivity index (χ0v) is 17.6. The summed E-state index contributed by atoms with van der Waals surface area (Å²) in [5.41, 5.74) is 2.33. The van der Waals surface area contributed by atoms with Gasteiger partial charge in [-0.25, -0.2) is 0 Å². The molecule has 162 valence electrons. The van der Waals surface area contributed by atoms with Crippen LogP contribution < -0.4 is 0 Å². The van der Waals surface area contributed by atoms with E-state index < -0.39 is 18.0 Å². The maximum Gasteiger partial charge on any atom is 0.325 e. The summed E-state index contributed by atoms with van der Waals surface area (Å²) in [5, 5.41) is 20.5. The van der Waals surface area contributed by atoms with Crippen molar-refractivity contribution >= 4 is 34.4 Å². The van der Waals surface area contributed by atoms with E-state index in [2.05, 4.69) is 9.88 Å². The molecule has 2 aromatic heterocycles. The molecule has 0 saturated carbocycles. The summed E-state index contributed by atoms with van der Waals surface area (Å²) in [6.07, 6.45) is 5.22. The van der Waals surface area contributed by atoms with Crippen molar-refractivity contribution < 1.29 is 19.8 Å². The van der Waals surface area contributed by atoms with E-state index in [-0.39, 0.29) is 6.54 Å². The largest absolute Gasteiger partial charge is 0.480 e. The van der Waals surface area contributed by atoms with Crippen LogP contribution in [0.2, 0.25) is 5.02 Å². The molecule has 1 saturated heterocycles. The van der Waals surface area contributed by atoms with E-state index in [1.165, 1.54) is 0 Å². The standard InChI is InChI=1S/C22H23ClN4O4/c23-16-3-4-17-18(13-27(14-20(28)29)19(17)10-16)21(22(30)31)26-8-6-25(7-9-26)12-15-2-1-5-24-11-15/h1-5,10-11,13,21H,6-9,12,14H2,(H,28,29)(H,30,31). The molecule has 0 radical (unpaired) electrons. The van der Waals surface area contributed by atoms with Gasteiger partial charge in [0.15, 0.2) is 0 Å². The molecule has 2 N–H and O–H groups in total. The lowest BCUT2D eigenvalue weighted by Gasteiger charge is -2.37. The molecule has 1 fully saturated rings. The fourth-order valence-electron chi connectivity index (χ4n) is 4.20. The third-order valence-corrected chi connectivity index (χ3v) is 5.85. The lowest BCUT2D eigenvalue weighted by Crippen LogP contribution is -2.48. The molecule has 1 aromatic carbocycles. The third kappa shape index (κ3) is 4.71. The van der Waals surface area contributed by atoms with Crippen molar-refractivity contribution in [1.29, 1.82) is 0 Å². The summed E-state index contributed by atoms with van der Waals surface area (Å²) < 4.78 is 1.55. The van der Waals surface area contributed by atoms with Gasteiger partial charge in [0.2, 0.25) is 0 Å². The van der Waals surface area contributed by atoms with Crippen molar-refractivity contribution in [2.24, 2.45) is 0 Å². The first-order valence-electron chi connectivity index (χ1n) is 10.0. The van der Waals surface area contributed by atoms with Crippen LogP contribution >= 0.6 is 11.6 Å². The Morgan fingerprint density at radius 2 is 1.90 bits per heavy atom. The number of hydrogen-bond acceptors (Lipinski definition) is 5. The van der Waals surface area contributed by atoms with Gasteiger partial charge in [0.25, 0.3) is 0 Å². The maximum atomic E-state index is 12.3. The van der Waals surface area contributed by atoms with Crippen molar-refractivity contribution in [3.8, 4) is 0 Å². The fraction of sp³-hybridized carbons (Fsp3) is 0.318. The van der Waals surface area contributed by atoms with Gasteiger partial charge in [-0.3, -0.25) is 24.4 Å². The summed E-state index contributed by atoms with van der Waals surface area (Å²) in [7, 11) is 0. The Labute approximate surface area is 184 Å². The number of rotatable bonds is 7. The molecular weight excluding hydrogens is 420 g/mol. The normalized spacial score (nSPS) is 16.4. The number of aromatic nitrogens is 2. The maximum absolute atomic E-state index is 12.3. The SMILES string of the molecule is O=C(O)Cn1cc(C(C(=O)O)N2CCN(Cc3cccnc3)CC2)c2ccc(Cl)cc21. The number of benzene rings is 1. The highest BCUT2D eigenvalue weighted by molar-refractivity contribution is 6.31. The van der Waals surface area contributed by atoms with Crippen LogP contribution in [0.25, 0.3) is 10.9 Å². The Morgan fingerprint density at radius 1 is 1.13 bits per heavy atom. The minimum atomic E-state index is -1.00. The Bertz CT molecular complexity index is 1090. The molecular formula is C22H23ClN4O4. The first kappa shape index (κ1) is 21.3. The van der Waals surface area contributed by atoms with E-state index in [1.807, 2.05) is 23.2 Å². The molecule has 0 spiro atoms. The second-order valence-electron chi connectivity index (χ2n) is 7.68. The van der Waals surface area contributed by atoms with Crippen molar-refractivity contribution in [3.05, 3.63) is 65.1 Å². The van der Waals surface area contributed by atoms with Crippen LogP contribution in [0.1, 0.15) is 17.2 Å². The number of pyridine rings is 1. The molecule has 1 aliphatic rings. The number of aliphatic carboxylic acids is 2. The second-order valence-corrected chi connectivity index (χ2v) is 8.12. The number of carboxylic acids is 2. The molecule has 1 unspecified atom stereocenters. The molecule has 1 aliphatic heterocycles. The predicted octanol–water partition coefficient (Wildman–Crippen LogP) is 2.72. The molecule has 3 aromatic rings. The van der Waals surface area contributed by atoms with E-state index in [4.69, 9.17) is 11.6 Å². The molecule has 4 rings (SSSR count). The second kappa shape index (κ2) is 9.05. The zero-order chi connectivity index (χ0) is 22.0. The highest BCUT2D eigenvalue weighted by Gasteiger charge is 2.33. The topological polar surface area (TPSA) is 98.9 Å². The van der Waals surface area contributed by atoms with E-state index in [0.717, 1.165) is 25.2 Å². The first-order valence-corrected chi connectivity index (χ1v) is 10.4. The number of fused-ring (bicyclic) bond motifs is 1. The van der Waals surface area contributed by atoms with E-state index >= 15 is 0 Å². The van der Waals surface area contributed by atoms with Gasteiger partial charge < -0.3 is 14.8 Å². The number of carboxylic acid groups (broad SMARTS) is 2. The Hall–Kier alpha value is -2.94. The summed E-state index contributed by atoms with van der Waals surface area (Å²) in [5.74, 6) is -1.95. The molecule has 0 aliphatic carbocycles. The van der Waals surface area contributed by atoms with Gasteiger partial charge in [-0.15, -0.1) is 0 Å². The van der Waals surface area contributed by atoms with Crippen molar-refractivity contribution in [2.75, 3.05) is 26.2 Å². The number of nitrogens with zero attached hydrogens (tertiary/aromatic N) is 4. The van der Waals surface area contributed by atoms with Crippen LogP contribution in [0, 0.1) is 0 Å². The Balaban J connectivity index is 1.58. The average Bonchev–Trinajstić information content (AvgIpc) is 3.06. The molecule has 0 bridgehead atoms. The highest BCUT2D eigenvalue weighted by atomic mass is 35.5. The minimum Gasteiger partial charge on any atom is -0.480 e. The molecule has 3 heterocycles. The molecule has 8 nitrogen and oxygen atoms in total. The molecule has 31 heavy (non-hydrogen) atoms. The van der Waals surface area contributed by atoms with Gasteiger partial charge >= 0.3 is 11.9 Å². The van der Waals surface area contributed by atoms with Gasteiger partial charge in [0.1, 0.15) is 12.6 Å². The molecule has 1 atom stereocenters. The van der Waals surface area contributed by atoms with Crippen LogP contribution in [0.15, 0.2) is 48.9 Å². The van der Waals surface area contributed by atoms with Crippen LogP contribution in [-0.2, 0) is 22.7 Å². The number of hydrogen-bond donors (Lipinski definition) is 2. The van der Waals surface area contributed by atoms with Crippen molar-refractivity contribution in [2.45, 2.75) is 19.1 Å². The Morgan fingerprint density at radius 3 is 2.55 bits per heavy atom.